The average molecular weight is 438 g/mol. The van der Waals surface area contributed by atoms with Crippen LogP contribution >= 0.6 is 0 Å². The summed E-state index contributed by atoms with van der Waals surface area (Å²) < 4.78 is 33.2. The molecule has 4 rings (SSSR count). The van der Waals surface area contributed by atoms with E-state index in [2.05, 4.69) is 9.71 Å². The number of nitrogens with zero attached hydrogens (tertiary/aromatic N) is 2. The molecule has 2 heterocycles. The number of nitrogens with one attached hydrogen (secondary N) is 1. The lowest BCUT2D eigenvalue weighted by atomic mass is 10.1. The molecule has 0 atom stereocenters. The fourth-order valence-electron chi connectivity index (χ4n) is 3.37. The molecule has 2 aromatic carbocycles. The molecular weight excluding hydrogens is 414 g/mol. The molecule has 1 aromatic heterocycles. The van der Waals surface area contributed by atoms with Crippen LogP contribution in [0.4, 0.5) is 0 Å². The number of morpholine rings is 1. The van der Waals surface area contributed by atoms with Crippen LogP contribution in [0.25, 0.3) is 11.1 Å². The summed E-state index contributed by atoms with van der Waals surface area (Å²) in [5.74, 6) is -0.105. The molecule has 0 bridgehead atoms. The summed E-state index contributed by atoms with van der Waals surface area (Å²) in [7, 11) is -3.71. The predicted molar refractivity (Wildman–Crippen MR) is 117 cm³/mol. The first-order valence-corrected chi connectivity index (χ1v) is 11.5. The number of aromatic nitrogens is 1. The fraction of sp³-hybridized carbons (Fsp3) is 0.217. The van der Waals surface area contributed by atoms with Crippen molar-refractivity contribution in [1.82, 2.24) is 14.6 Å². The second kappa shape index (κ2) is 9.38. The van der Waals surface area contributed by atoms with E-state index in [9.17, 15) is 13.2 Å². The summed E-state index contributed by atoms with van der Waals surface area (Å²) in [6, 6.07) is 19.7. The molecule has 160 valence electrons. The highest BCUT2D eigenvalue weighted by Crippen LogP contribution is 2.21. The van der Waals surface area contributed by atoms with Crippen LogP contribution in [0.1, 0.15) is 16.1 Å². The molecule has 0 unspecified atom stereocenters. The first-order valence-electron chi connectivity index (χ1n) is 10.00. The van der Waals surface area contributed by atoms with Crippen LogP contribution in [0.15, 0.2) is 77.8 Å². The van der Waals surface area contributed by atoms with Gasteiger partial charge in [-0.25, -0.2) is 13.1 Å². The van der Waals surface area contributed by atoms with E-state index in [1.165, 1.54) is 6.20 Å². The summed E-state index contributed by atoms with van der Waals surface area (Å²) in [5, 5.41) is 0. The van der Waals surface area contributed by atoms with Crippen molar-refractivity contribution in [3.8, 4) is 11.1 Å². The van der Waals surface area contributed by atoms with Crippen molar-refractivity contribution in [3.05, 3.63) is 84.2 Å². The Kier molecular flexibility index (Phi) is 6.41. The third kappa shape index (κ3) is 5.16. The van der Waals surface area contributed by atoms with Crippen molar-refractivity contribution in [3.63, 3.8) is 0 Å². The highest BCUT2D eigenvalue weighted by molar-refractivity contribution is 7.89. The molecule has 1 aliphatic rings. The van der Waals surface area contributed by atoms with Gasteiger partial charge in [0.05, 0.1) is 30.3 Å². The van der Waals surface area contributed by atoms with Crippen molar-refractivity contribution in [2.45, 2.75) is 11.4 Å². The zero-order valence-corrected chi connectivity index (χ0v) is 17.7. The Bertz CT molecular complexity index is 1140. The Morgan fingerprint density at radius 3 is 2.35 bits per heavy atom. The first-order chi connectivity index (χ1) is 15.0. The van der Waals surface area contributed by atoms with Crippen molar-refractivity contribution in [2.75, 3.05) is 26.3 Å². The Labute approximate surface area is 181 Å². The fourth-order valence-corrected chi connectivity index (χ4v) is 4.37. The molecule has 0 radical (unpaired) electrons. The lowest BCUT2D eigenvalue weighted by molar-refractivity contribution is 0.0302. The van der Waals surface area contributed by atoms with Crippen molar-refractivity contribution >= 4 is 15.9 Å². The Morgan fingerprint density at radius 1 is 0.968 bits per heavy atom. The van der Waals surface area contributed by atoms with Crippen LogP contribution in [0.3, 0.4) is 0 Å². The maximum absolute atomic E-state index is 12.7. The van der Waals surface area contributed by atoms with Crippen LogP contribution in [0.2, 0.25) is 0 Å². The zero-order valence-electron chi connectivity index (χ0n) is 16.9. The van der Waals surface area contributed by atoms with E-state index in [-0.39, 0.29) is 17.3 Å². The van der Waals surface area contributed by atoms with E-state index in [1.54, 1.807) is 41.3 Å². The largest absolute Gasteiger partial charge is 0.378 e. The summed E-state index contributed by atoms with van der Waals surface area (Å²) in [4.78, 5) is 18.7. The van der Waals surface area contributed by atoms with E-state index >= 15 is 0 Å². The number of carbonyl (C=O) groups excluding carboxylic acids is 1. The van der Waals surface area contributed by atoms with Crippen LogP contribution < -0.4 is 4.72 Å². The van der Waals surface area contributed by atoms with Gasteiger partial charge in [0.1, 0.15) is 0 Å². The molecule has 1 N–H and O–H groups in total. The smallest absolute Gasteiger partial charge is 0.254 e. The van der Waals surface area contributed by atoms with Gasteiger partial charge in [0.2, 0.25) is 10.0 Å². The summed E-state index contributed by atoms with van der Waals surface area (Å²) in [6.45, 7) is 2.12. The summed E-state index contributed by atoms with van der Waals surface area (Å²) in [5.41, 5.74) is 2.92. The standard InChI is InChI=1S/C23H23N3O4S/c27-23(26-12-14-30-15-13-26)20-10-11-24-21(16-20)17-25-31(28,29)22-8-6-19(7-9-22)18-4-2-1-3-5-18/h1-11,16,25H,12-15,17H2. The van der Waals surface area contributed by atoms with Gasteiger partial charge in [0.15, 0.2) is 0 Å². The molecule has 7 nitrogen and oxygen atoms in total. The van der Waals surface area contributed by atoms with Gasteiger partial charge >= 0.3 is 0 Å². The van der Waals surface area contributed by atoms with Gasteiger partial charge in [-0.1, -0.05) is 42.5 Å². The number of amides is 1. The number of carbonyl (C=O) groups is 1. The Hall–Kier alpha value is -3.07. The highest BCUT2D eigenvalue weighted by atomic mass is 32.2. The van der Waals surface area contributed by atoms with E-state index in [1.807, 2.05) is 30.3 Å². The van der Waals surface area contributed by atoms with Crippen LogP contribution in [0.5, 0.6) is 0 Å². The molecule has 1 aliphatic heterocycles. The second-order valence-corrected chi connectivity index (χ2v) is 8.92. The molecule has 0 saturated carbocycles. The monoisotopic (exact) mass is 437 g/mol. The SMILES string of the molecule is O=C(c1ccnc(CNS(=O)(=O)c2ccc(-c3ccccc3)cc2)c1)N1CCOCC1. The van der Waals surface area contributed by atoms with Crippen LogP contribution in [0, 0.1) is 0 Å². The van der Waals surface area contributed by atoms with E-state index < -0.39 is 10.0 Å². The summed E-state index contributed by atoms with van der Waals surface area (Å²) >= 11 is 0. The first kappa shape index (κ1) is 21.2. The lowest BCUT2D eigenvalue weighted by Gasteiger charge is -2.26. The van der Waals surface area contributed by atoms with Gasteiger partial charge in [-0.05, 0) is 35.4 Å². The van der Waals surface area contributed by atoms with Gasteiger partial charge in [-0.2, -0.15) is 0 Å². The number of hydrogen-bond acceptors (Lipinski definition) is 5. The molecule has 31 heavy (non-hydrogen) atoms. The van der Waals surface area contributed by atoms with Gasteiger partial charge in [0, 0.05) is 24.8 Å². The number of sulfonamides is 1. The van der Waals surface area contributed by atoms with Crippen molar-refractivity contribution < 1.29 is 17.9 Å². The Balaban J connectivity index is 1.43. The predicted octanol–water partition coefficient (Wildman–Crippen LogP) is 2.70. The minimum atomic E-state index is -3.71. The minimum absolute atomic E-state index is 0.00694. The van der Waals surface area contributed by atoms with Crippen molar-refractivity contribution in [2.24, 2.45) is 0 Å². The molecule has 0 spiro atoms. The lowest BCUT2D eigenvalue weighted by Crippen LogP contribution is -2.40. The van der Waals surface area contributed by atoms with Crippen LogP contribution in [-0.4, -0.2) is 50.5 Å². The highest BCUT2D eigenvalue weighted by Gasteiger charge is 2.19. The van der Waals surface area contributed by atoms with Gasteiger partial charge in [-0.3, -0.25) is 9.78 Å². The van der Waals surface area contributed by atoms with E-state index in [0.29, 0.717) is 37.6 Å². The molecular formula is C23H23N3O4S. The van der Waals surface area contributed by atoms with E-state index in [4.69, 9.17) is 4.74 Å². The zero-order chi connectivity index (χ0) is 21.7. The van der Waals surface area contributed by atoms with Gasteiger partial charge < -0.3 is 9.64 Å². The summed E-state index contributed by atoms with van der Waals surface area (Å²) in [6.07, 6.45) is 1.52. The van der Waals surface area contributed by atoms with Crippen LogP contribution in [-0.2, 0) is 21.3 Å². The third-order valence-corrected chi connectivity index (χ3v) is 6.49. The molecule has 1 amide bonds. The maximum Gasteiger partial charge on any atom is 0.254 e. The van der Waals surface area contributed by atoms with Gasteiger partial charge in [-0.15, -0.1) is 0 Å². The third-order valence-electron chi connectivity index (χ3n) is 5.08. The van der Waals surface area contributed by atoms with Gasteiger partial charge in [0.25, 0.3) is 5.91 Å². The normalized spacial score (nSPS) is 14.4. The average Bonchev–Trinajstić information content (AvgIpc) is 2.84. The topological polar surface area (TPSA) is 88.6 Å². The Morgan fingerprint density at radius 2 is 1.65 bits per heavy atom. The van der Waals surface area contributed by atoms with Crippen molar-refractivity contribution in [1.29, 1.82) is 0 Å². The quantitative estimate of drug-likeness (QED) is 0.641. The number of rotatable bonds is 6. The molecule has 3 aromatic rings. The number of pyridine rings is 1. The van der Waals surface area contributed by atoms with E-state index in [0.717, 1.165) is 11.1 Å². The number of ether oxygens (including phenoxy) is 1. The second-order valence-electron chi connectivity index (χ2n) is 7.16. The molecule has 0 aliphatic carbocycles. The number of benzene rings is 2. The minimum Gasteiger partial charge on any atom is -0.378 e. The maximum atomic E-state index is 12.7. The molecule has 8 heteroatoms. The molecule has 1 saturated heterocycles. The molecule has 1 fully saturated rings. The number of hydrogen-bond donors (Lipinski definition) is 1.